The van der Waals surface area contributed by atoms with Crippen molar-refractivity contribution >= 4 is 18.5 Å². The molecule has 1 aliphatic heterocycles. The van der Waals surface area contributed by atoms with Gasteiger partial charge in [-0.2, -0.15) is 0 Å². The largest absolute Gasteiger partial charge is 0.489 e. The molecule has 1 N–H and O–H groups in total. The lowest BCUT2D eigenvalue weighted by atomic mass is 10.1. The number of halogens is 1. The number of hydrogen-bond acceptors (Lipinski definition) is 3. The molecular weight excluding hydrogens is 238 g/mol. The Balaban J connectivity index is 0.00000144. The van der Waals surface area contributed by atoms with Gasteiger partial charge in [0.2, 0.25) is 0 Å². The van der Waals surface area contributed by atoms with Crippen molar-refractivity contribution in [2.24, 2.45) is 0 Å². The van der Waals surface area contributed by atoms with Crippen LogP contribution >= 0.6 is 12.4 Å². The number of rotatable bonds is 5. The normalized spacial score (nSPS) is 13.1. The van der Waals surface area contributed by atoms with Crippen molar-refractivity contribution in [1.29, 1.82) is 0 Å². The number of hydrogen-bond donors (Lipinski definition) is 1. The fourth-order valence-electron chi connectivity index (χ4n) is 1.69. The lowest BCUT2D eigenvalue weighted by Gasteiger charge is -2.18. The third kappa shape index (κ3) is 4.04. The van der Waals surface area contributed by atoms with Gasteiger partial charge in [-0.3, -0.25) is 0 Å². The van der Waals surface area contributed by atoms with Gasteiger partial charge in [0, 0.05) is 25.8 Å². The van der Waals surface area contributed by atoms with Gasteiger partial charge in [0.15, 0.2) is 0 Å². The maximum Gasteiger partial charge on any atom is 0.127 e. The minimum absolute atomic E-state index is 0. The van der Waals surface area contributed by atoms with E-state index in [2.05, 4.69) is 17.5 Å². The van der Waals surface area contributed by atoms with Gasteiger partial charge in [0.1, 0.15) is 12.4 Å². The van der Waals surface area contributed by atoms with Gasteiger partial charge >= 0.3 is 0 Å². The Morgan fingerprint density at radius 3 is 3.00 bits per heavy atom. The topological polar surface area (TPSA) is 30.5 Å². The molecule has 0 radical (unpaired) electrons. The quantitative estimate of drug-likeness (QED) is 0.818. The van der Waals surface area contributed by atoms with E-state index in [1.807, 2.05) is 18.2 Å². The van der Waals surface area contributed by atoms with Crippen LogP contribution in [0.3, 0.4) is 0 Å². The predicted octanol–water partition coefficient (Wildman–Crippen LogP) is 2.12. The molecule has 2 rings (SSSR count). The first-order chi connectivity index (χ1) is 7.90. The van der Waals surface area contributed by atoms with Crippen LogP contribution in [-0.4, -0.2) is 33.4 Å². The second kappa shape index (κ2) is 7.33. The van der Waals surface area contributed by atoms with Crippen LogP contribution in [0.4, 0.5) is 0 Å². The summed E-state index contributed by atoms with van der Waals surface area (Å²) in [6.07, 6.45) is 2.19. The van der Waals surface area contributed by atoms with E-state index >= 15 is 0 Å². The van der Waals surface area contributed by atoms with E-state index in [1.165, 1.54) is 5.57 Å². The zero-order chi connectivity index (χ0) is 11.2. The van der Waals surface area contributed by atoms with Crippen molar-refractivity contribution in [3.05, 3.63) is 35.4 Å². The van der Waals surface area contributed by atoms with E-state index in [-0.39, 0.29) is 12.4 Å². The SMILES string of the molecule is COCCNCC1=Cc2ccccc2OC1.Cl. The highest BCUT2D eigenvalue weighted by Crippen LogP contribution is 2.25. The van der Waals surface area contributed by atoms with Crippen molar-refractivity contribution in [2.45, 2.75) is 0 Å². The maximum absolute atomic E-state index is 5.65. The summed E-state index contributed by atoms with van der Waals surface area (Å²) in [6, 6.07) is 8.10. The van der Waals surface area contributed by atoms with Crippen molar-refractivity contribution in [3.8, 4) is 5.75 Å². The number of nitrogens with one attached hydrogen (secondary N) is 1. The highest BCUT2D eigenvalue weighted by Gasteiger charge is 2.09. The summed E-state index contributed by atoms with van der Waals surface area (Å²) in [4.78, 5) is 0. The Morgan fingerprint density at radius 1 is 1.35 bits per heavy atom. The van der Waals surface area contributed by atoms with Gasteiger partial charge in [-0.15, -0.1) is 12.4 Å². The molecule has 4 heteroatoms. The van der Waals surface area contributed by atoms with Gasteiger partial charge in [0.25, 0.3) is 0 Å². The zero-order valence-corrected chi connectivity index (χ0v) is 10.8. The molecular formula is C13H18ClNO2. The molecule has 17 heavy (non-hydrogen) atoms. The molecule has 94 valence electrons. The van der Waals surface area contributed by atoms with Crippen molar-refractivity contribution in [1.82, 2.24) is 5.32 Å². The van der Waals surface area contributed by atoms with Crippen molar-refractivity contribution in [2.75, 3.05) is 33.4 Å². The van der Waals surface area contributed by atoms with Crippen LogP contribution in [0.25, 0.3) is 6.08 Å². The number of benzene rings is 1. The van der Waals surface area contributed by atoms with Crippen LogP contribution in [0.15, 0.2) is 29.8 Å². The van der Waals surface area contributed by atoms with Gasteiger partial charge in [0.05, 0.1) is 6.61 Å². The lowest BCUT2D eigenvalue weighted by Crippen LogP contribution is -2.24. The van der Waals surface area contributed by atoms with Gasteiger partial charge < -0.3 is 14.8 Å². The molecule has 0 spiro atoms. The highest BCUT2D eigenvalue weighted by molar-refractivity contribution is 5.85. The molecule has 0 bridgehead atoms. The summed E-state index contributed by atoms with van der Waals surface area (Å²) in [7, 11) is 1.71. The number of fused-ring (bicyclic) bond motifs is 1. The highest BCUT2D eigenvalue weighted by atomic mass is 35.5. The molecule has 1 aliphatic rings. The van der Waals surface area contributed by atoms with E-state index in [0.29, 0.717) is 6.61 Å². The standard InChI is InChI=1S/C13H17NO2.ClH/c1-15-7-6-14-9-11-8-12-4-2-3-5-13(12)16-10-11;/h2-5,8,14H,6-7,9-10H2,1H3;1H. The summed E-state index contributed by atoms with van der Waals surface area (Å²) >= 11 is 0. The molecule has 0 saturated heterocycles. The van der Waals surface area contributed by atoms with E-state index in [1.54, 1.807) is 7.11 Å². The summed E-state index contributed by atoms with van der Waals surface area (Å²) in [5.41, 5.74) is 2.44. The monoisotopic (exact) mass is 255 g/mol. The van der Waals surface area contributed by atoms with Crippen molar-refractivity contribution < 1.29 is 9.47 Å². The average molecular weight is 256 g/mol. The molecule has 0 unspecified atom stereocenters. The molecule has 1 heterocycles. The summed E-state index contributed by atoms with van der Waals surface area (Å²) in [5.74, 6) is 0.975. The number of ether oxygens (including phenoxy) is 2. The Hall–Kier alpha value is -1.03. The lowest BCUT2D eigenvalue weighted by molar-refractivity contribution is 0.200. The number of methoxy groups -OCH3 is 1. The van der Waals surface area contributed by atoms with Crippen LogP contribution < -0.4 is 10.1 Å². The fraction of sp³-hybridized carbons (Fsp3) is 0.385. The molecule has 0 atom stereocenters. The minimum atomic E-state index is 0. The first-order valence-corrected chi connectivity index (χ1v) is 5.51. The van der Waals surface area contributed by atoms with Crippen LogP contribution in [0.1, 0.15) is 5.56 Å². The fourth-order valence-corrected chi connectivity index (χ4v) is 1.69. The average Bonchev–Trinajstić information content (AvgIpc) is 2.34. The van der Waals surface area contributed by atoms with Gasteiger partial charge in [-0.1, -0.05) is 18.2 Å². The first-order valence-electron chi connectivity index (χ1n) is 5.51. The molecule has 0 fully saturated rings. The summed E-state index contributed by atoms with van der Waals surface area (Å²) in [5, 5.41) is 3.31. The van der Waals surface area contributed by atoms with E-state index in [4.69, 9.17) is 9.47 Å². The maximum atomic E-state index is 5.65. The zero-order valence-electron chi connectivity index (χ0n) is 9.94. The molecule has 0 amide bonds. The second-order valence-electron chi connectivity index (χ2n) is 3.80. The first kappa shape index (κ1) is 14.0. The molecule has 1 aromatic rings. The van der Waals surface area contributed by atoms with Gasteiger partial charge in [-0.25, -0.2) is 0 Å². The molecule has 0 aromatic heterocycles. The molecule has 3 nitrogen and oxygen atoms in total. The summed E-state index contributed by atoms with van der Waals surface area (Å²) < 4.78 is 10.6. The Kier molecular flexibility index (Phi) is 6.05. The van der Waals surface area contributed by atoms with Crippen LogP contribution in [0, 0.1) is 0 Å². The van der Waals surface area contributed by atoms with E-state index in [9.17, 15) is 0 Å². The molecule has 1 aromatic carbocycles. The van der Waals surface area contributed by atoms with Crippen LogP contribution in [0.2, 0.25) is 0 Å². The second-order valence-corrected chi connectivity index (χ2v) is 3.80. The van der Waals surface area contributed by atoms with Crippen LogP contribution in [-0.2, 0) is 4.74 Å². The minimum Gasteiger partial charge on any atom is -0.489 e. The Morgan fingerprint density at radius 2 is 2.18 bits per heavy atom. The smallest absolute Gasteiger partial charge is 0.127 e. The third-order valence-electron chi connectivity index (χ3n) is 2.53. The Bertz CT molecular complexity index is 379. The van der Waals surface area contributed by atoms with Crippen molar-refractivity contribution in [3.63, 3.8) is 0 Å². The Labute approximate surface area is 108 Å². The summed E-state index contributed by atoms with van der Waals surface area (Å²) in [6.45, 7) is 3.15. The molecule has 0 saturated carbocycles. The van der Waals surface area contributed by atoms with E-state index in [0.717, 1.165) is 31.0 Å². The number of para-hydroxylation sites is 1. The molecule has 0 aliphatic carbocycles. The van der Waals surface area contributed by atoms with Crippen LogP contribution in [0.5, 0.6) is 5.75 Å². The van der Waals surface area contributed by atoms with E-state index < -0.39 is 0 Å². The third-order valence-corrected chi connectivity index (χ3v) is 2.53. The predicted molar refractivity (Wildman–Crippen MR) is 71.9 cm³/mol. The van der Waals surface area contributed by atoms with Gasteiger partial charge in [-0.05, 0) is 17.7 Å².